The Morgan fingerprint density at radius 3 is 3.07 bits per heavy atom. The van der Waals surface area contributed by atoms with Gasteiger partial charge in [0, 0.05) is 21.9 Å². The molecule has 29 heavy (non-hydrogen) atoms. The molecule has 1 aromatic carbocycles. The third kappa shape index (κ3) is 3.83. The van der Waals surface area contributed by atoms with E-state index in [2.05, 4.69) is 26.3 Å². The fourth-order valence-corrected chi connectivity index (χ4v) is 4.70. The molecular formula is C19H17FN6OS2. The van der Waals surface area contributed by atoms with Gasteiger partial charge in [-0.1, -0.05) is 12.1 Å². The van der Waals surface area contributed by atoms with E-state index in [9.17, 15) is 4.39 Å². The van der Waals surface area contributed by atoms with Gasteiger partial charge in [0.1, 0.15) is 11.3 Å². The largest absolute Gasteiger partial charge is 0.481 e. The highest BCUT2D eigenvalue weighted by molar-refractivity contribution is 8.00. The number of aromatic amines is 1. The highest BCUT2D eigenvalue weighted by Gasteiger charge is 2.18. The van der Waals surface area contributed by atoms with Crippen molar-refractivity contribution in [1.29, 1.82) is 5.26 Å². The molecule has 0 bridgehead atoms. The molecule has 148 valence electrons. The Kier molecular flexibility index (Phi) is 5.51. The molecule has 0 saturated carbocycles. The predicted octanol–water partition coefficient (Wildman–Crippen LogP) is 4.80. The number of hydrogen-bond acceptors (Lipinski definition) is 7. The van der Waals surface area contributed by atoms with E-state index in [-0.39, 0.29) is 16.6 Å². The van der Waals surface area contributed by atoms with Crippen LogP contribution < -0.4 is 4.74 Å². The molecule has 4 rings (SSSR count). The first-order valence-electron chi connectivity index (χ1n) is 8.86. The molecule has 4 aromatic rings. The number of nitrogens with zero attached hydrogens (tertiary/aromatic N) is 5. The van der Waals surface area contributed by atoms with Crippen molar-refractivity contribution in [2.24, 2.45) is 0 Å². The van der Waals surface area contributed by atoms with Gasteiger partial charge in [-0.3, -0.25) is 0 Å². The minimum atomic E-state index is -0.381. The third-order valence-corrected chi connectivity index (χ3v) is 6.48. The Balaban J connectivity index is 1.63. The second-order valence-electron chi connectivity index (χ2n) is 6.34. The predicted molar refractivity (Wildman–Crippen MR) is 111 cm³/mol. The number of aromatic nitrogens is 5. The number of nitrogens with one attached hydrogen (secondary N) is 1. The van der Waals surface area contributed by atoms with Crippen molar-refractivity contribution in [2.45, 2.75) is 29.9 Å². The SMILES string of the molecule is COc1cnc(-c2cc(-n3nnc4c(F)c(SC(C)CCC#N)ccc43)cs2)[nH]1. The van der Waals surface area contributed by atoms with E-state index in [1.807, 2.05) is 24.4 Å². The first-order chi connectivity index (χ1) is 14.1. The van der Waals surface area contributed by atoms with Crippen molar-refractivity contribution < 1.29 is 9.13 Å². The summed E-state index contributed by atoms with van der Waals surface area (Å²) in [5.41, 5.74) is 1.61. The van der Waals surface area contributed by atoms with Gasteiger partial charge in [-0.2, -0.15) is 5.26 Å². The second kappa shape index (κ2) is 8.23. The van der Waals surface area contributed by atoms with Gasteiger partial charge in [0.05, 0.1) is 35.5 Å². The van der Waals surface area contributed by atoms with Crippen LogP contribution in [0.15, 0.2) is 34.7 Å². The van der Waals surface area contributed by atoms with Crippen LogP contribution in [-0.4, -0.2) is 37.3 Å². The fraction of sp³-hybridized carbons (Fsp3) is 0.263. The number of halogens is 1. The highest BCUT2D eigenvalue weighted by Crippen LogP contribution is 2.33. The average molecular weight is 429 g/mol. The van der Waals surface area contributed by atoms with E-state index < -0.39 is 0 Å². The minimum absolute atomic E-state index is 0.140. The zero-order chi connectivity index (χ0) is 20.4. The average Bonchev–Trinajstić information content (AvgIpc) is 3.46. The normalized spacial score (nSPS) is 12.2. The fourth-order valence-electron chi connectivity index (χ4n) is 2.86. The number of thiophene rings is 1. The van der Waals surface area contributed by atoms with Crippen LogP contribution in [0.3, 0.4) is 0 Å². The van der Waals surface area contributed by atoms with E-state index in [1.165, 1.54) is 23.1 Å². The monoisotopic (exact) mass is 428 g/mol. The summed E-state index contributed by atoms with van der Waals surface area (Å²) < 4.78 is 21.7. The van der Waals surface area contributed by atoms with E-state index in [4.69, 9.17) is 10.00 Å². The molecule has 0 fully saturated rings. The van der Waals surface area contributed by atoms with Crippen molar-refractivity contribution in [2.75, 3.05) is 7.11 Å². The van der Waals surface area contributed by atoms with Crippen molar-refractivity contribution >= 4 is 34.1 Å². The smallest absolute Gasteiger partial charge is 0.211 e. The van der Waals surface area contributed by atoms with Gasteiger partial charge < -0.3 is 9.72 Å². The van der Waals surface area contributed by atoms with Gasteiger partial charge in [0.15, 0.2) is 5.82 Å². The third-order valence-electron chi connectivity index (χ3n) is 4.35. The molecule has 7 nitrogen and oxygen atoms in total. The van der Waals surface area contributed by atoms with E-state index in [0.29, 0.717) is 35.0 Å². The first-order valence-corrected chi connectivity index (χ1v) is 10.6. The van der Waals surface area contributed by atoms with Crippen LogP contribution in [0, 0.1) is 17.1 Å². The van der Waals surface area contributed by atoms with Crippen LogP contribution >= 0.6 is 23.1 Å². The summed E-state index contributed by atoms with van der Waals surface area (Å²) in [5, 5.41) is 19.0. The Morgan fingerprint density at radius 2 is 2.31 bits per heavy atom. The van der Waals surface area contributed by atoms with Crippen LogP contribution in [0.25, 0.3) is 27.4 Å². The van der Waals surface area contributed by atoms with Crippen LogP contribution in [0.5, 0.6) is 5.88 Å². The zero-order valence-electron chi connectivity index (χ0n) is 15.7. The molecule has 0 aliphatic carbocycles. The highest BCUT2D eigenvalue weighted by atomic mass is 32.2. The van der Waals surface area contributed by atoms with Crippen LogP contribution in [0.4, 0.5) is 4.39 Å². The second-order valence-corrected chi connectivity index (χ2v) is 8.73. The number of nitriles is 1. The lowest BCUT2D eigenvalue weighted by Gasteiger charge is -2.10. The van der Waals surface area contributed by atoms with Crippen molar-refractivity contribution in [1.82, 2.24) is 25.0 Å². The summed E-state index contributed by atoms with van der Waals surface area (Å²) in [5.74, 6) is 0.893. The van der Waals surface area contributed by atoms with E-state index in [1.54, 1.807) is 24.1 Å². The maximum atomic E-state index is 15.0. The number of hydrogen-bond donors (Lipinski definition) is 1. The molecule has 1 atom stereocenters. The van der Waals surface area contributed by atoms with Gasteiger partial charge in [0.25, 0.3) is 0 Å². The van der Waals surface area contributed by atoms with Gasteiger partial charge in [-0.25, -0.2) is 14.1 Å². The molecule has 0 spiro atoms. The van der Waals surface area contributed by atoms with Gasteiger partial charge in [0.2, 0.25) is 5.88 Å². The summed E-state index contributed by atoms with van der Waals surface area (Å²) in [4.78, 5) is 8.79. The number of rotatable bonds is 7. The van der Waals surface area contributed by atoms with E-state index >= 15 is 0 Å². The van der Waals surface area contributed by atoms with Gasteiger partial charge >= 0.3 is 0 Å². The molecule has 1 unspecified atom stereocenters. The maximum absolute atomic E-state index is 15.0. The maximum Gasteiger partial charge on any atom is 0.211 e. The van der Waals surface area contributed by atoms with Crippen molar-refractivity contribution in [3.63, 3.8) is 0 Å². The lowest BCUT2D eigenvalue weighted by atomic mass is 10.3. The van der Waals surface area contributed by atoms with Gasteiger partial charge in [-0.15, -0.1) is 28.2 Å². The number of methoxy groups -OCH3 is 1. The summed E-state index contributed by atoms with van der Waals surface area (Å²) in [6.07, 6.45) is 2.78. The van der Waals surface area contributed by atoms with Crippen LogP contribution in [0.1, 0.15) is 19.8 Å². The summed E-state index contributed by atoms with van der Waals surface area (Å²) in [6, 6.07) is 7.61. The number of fused-ring (bicyclic) bond motifs is 1. The first kappa shape index (κ1) is 19.4. The zero-order valence-corrected chi connectivity index (χ0v) is 17.4. The quantitative estimate of drug-likeness (QED) is 0.425. The summed E-state index contributed by atoms with van der Waals surface area (Å²) in [7, 11) is 1.57. The molecule has 0 radical (unpaired) electrons. The minimum Gasteiger partial charge on any atom is -0.481 e. The number of imidazole rings is 1. The lowest BCUT2D eigenvalue weighted by Crippen LogP contribution is -1.97. The van der Waals surface area contributed by atoms with Gasteiger partial charge in [-0.05, 0) is 24.6 Å². The van der Waals surface area contributed by atoms with E-state index in [0.717, 1.165) is 10.6 Å². The Labute approximate surface area is 174 Å². The Bertz CT molecular complexity index is 1190. The number of benzene rings is 1. The molecule has 0 aliphatic heterocycles. The summed E-state index contributed by atoms with van der Waals surface area (Å²) >= 11 is 2.91. The molecule has 0 amide bonds. The van der Waals surface area contributed by atoms with Crippen LogP contribution in [0.2, 0.25) is 0 Å². The van der Waals surface area contributed by atoms with Crippen molar-refractivity contribution in [3.05, 3.63) is 35.6 Å². The molecule has 10 heteroatoms. The lowest BCUT2D eigenvalue weighted by molar-refractivity contribution is 0.400. The number of thioether (sulfide) groups is 1. The number of H-pyrrole nitrogens is 1. The molecular weight excluding hydrogens is 411 g/mol. The molecule has 1 N–H and O–H groups in total. The standard InChI is InChI=1S/C19H17FN6OS2/c1-11(4-3-7-21)29-14-6-5-13-18(17(14)20)24-25-26(13)12-8-15(28-10-12)19-22-9-16(23-19)27-2/h5-6,8-11H,3-4H2,1-2H3,(H,22,23). The topological polar surface area (TPSA) is 92.4 Å². The summed E-state index contributed by atoms with van der Waals surface area (Å²) in [6.45, 7) is 1.99. The number of ether oxygens (including phenoxy) is 1. The molecule has 3 aromatic heterocycles. The Hall–Kier alpha value is -2.90. The molecule has 0 aliphatic rings. The Morgan fingerprint density at radius 1 is 1.45 bits per heavy atom. The molecule has 3 heterocycles. The van der Waals surface area contributed by atoms with Crippen LogP contribution in [-0.2, 0) is 0 Å². The van der Waals surface area contributed by atoms with Crippen molar-refractivity contribution in [3.8, 4) is 28.3 Å². The molecule has 0 saturated heterocycles.